The van der Waals surface area contributed by atoms with Gasteiger partial charge in [-0.15, -0.1) is 0 Å². The molecule has 1 aromatic heterocycles. The molecule has 0 fully saturated rings. The molecule has 4 nitrogen and oxygen atoms in total. The third-order valence-corrected chi connectivity index (χ3v) is 3.55. The Kier molecular flexibility index (Phi) is 3.93. The third kappa shape index (κ3) is 3.13. The first kappa shape index (κ1) is 15.0. The van der Waals surface area contributed by atoms with Gasteiger partial charge >= 0.3 is 5.97 Å². The van der Waals surface area contributed by atoms with Gasteiger partial charge in [-0.3, -0.25) is 0 Å². The van der Waals surface area contributed by atoms with E-state index in [1.54, 1.807) is 24.3 Å². The van der Waals surface area contributed by atoms with Crippen LogP contribution in [0.1, 0.15) is 16.1 Å². The van der Waals surface area contributed by atoms with Gasteiger partial charge < -0.3 is 10.1 Å². The minimum absolute atomic E-state index is 0.286. The number of H-pyrrole nitrogens is 1. The maximum atomic E-state index is 13.0. The first-order chi connectivity index (χ1) is 11.1. The second-order valence-electron chi connectivity index (χ2n) is 5.25. The van der Waals surface area contributed by atoms with E-state index in [4.69, 9.17) is 4.74 Å². The highest BCUT2D eigenvalue weighted by molar-refractivity contribution is 5.98. The fraction of sp³-hybridized carbons (Fsp3) is 0.111. The molecule has 23 heavy (non-hydrogen) atoms. The number of carbonyl (C=O) groups is 1. The molecular weight excluding hydrogens is 295 g/mol. The van der Waals surface area contributed by atoms with Crippen LogP contribution in [0.15, 0.2) is 48.5 Å². The summed E-state index contributed by atoms with van der Waals surface area (Å²) in [6.07, 6.45) is 0. The zero-order valence-corrected chi connectivity index (χ0v) is 12.8. The molecule has 0 aliphatic heterocycles. The molecule has 3 aromatic rings. The second-order valence-corrected chi connectivity index (χ2v) is 5.25. The second kappa shape index (κ2) is 6.04. The molecular formula is C18H16FN2O2+. The van der Waals surface area contributed by atoms with Gasteiger partial charge in [0.25, 0.3) is 0 Å². The summed E-state index contributed by atoms with van der Waals surface area (Å²) >= 11 is 0. The van der Waals surface area contributed by atoms with Gasteiger partial charge in [0.2, 0.25) is 5.52 Å². The van der Waals surface area contributed by atoms with Crippen LogP contribution < -0.4 is 10.3 Å². The zero-order valence-electron chi connectivity index (χ0n) is 12.8. The molecule has 0 saturated carbocycles. The number of aromatic nitrogens is 1. The highest BCUT2D eigenvalue weighted by atomic mass is 19.1. The minimum Gasteiger partial charge on any atom is -0.465 e. The molecule has 0 bridgehead atoms. The Morgan fingerprint density at radius 1 is 1.13 bits per heavy atom. The number of pyridine rings is 1. The van der Waals surface area contributed by atoms with Crippen LogP contribution in [0.25, 0.3) is 10.9 Å². The van der Waals surface area contributed by atoms with Crippen molar-refractivity contribution < 1.29 is 18.9 Å². The Hall–Kier alpha value is -2.95. The summed E-state index contributed by atoms with van der Waals surface area (Å²) in [4.78, 5) is 15.0. The van der Waals surface area contributed by atoms with E-state index in [0.717, 1.165) is 28.0 Å². The molecule has 1 heterocycles. The SMILES string of the molecule is COC(=O)c1ccc2[nH+]c(C)cc(Nc3ccc(F)cc3)c2c1. The largest absolute Gasteiger partial charge is 0.465 e. The molecule has 116 valence electrons. The van der Waals surface area contributed by atoms with Gasteiger partial charge in [-0.25, -0.2) is 14.2 Å². The molecule has 0 radical (unpaired) electrons. The Morgan fingerprint density at radius 3 is 2.57 bits per heavy atom. The van der Waals surface area contributed by atoms with Crippen LogP contribution in [0.5, 0.6) is 0 Å². The number of benzene rings is 2. The highest BCUT2D eigenvalue weighted by Gasteiger charge is 2.13. The summed E-state index contributed by atoms with van der Waals surface area (Å²) in [5, 5.41) is 4.11. The summed E-state index contributed by atoms with van der Waals surface area (Å²) in [7, 11) is 1.35. The van der Waals surface area contributed by atoms with Gasteiger partial charge in [0.1, 0.15) is 5.82 Å². The highest BCUT2D eigenvalue weighted by Crippen LogP contribution is 2.26. The average molecular weight is 311 g/mol. The first-order valence-electron chi connectivity index (χ1n) is 7.14. The standard InChI is InChI=1S/C18H15FN2O2/c1-11-9-17(21-14-6-4-13(19)5-7-14)15-10-12(18(22)23-2)3-8-16(15)20-11/h3-10H,1-2H3,(H,20,21)/p+1. The number of halogens is 1. The molecule has 0 unspecified atom stereocenters. The van der Waals surface area contributed by atoms with E-state index < -0.39 is 0 Å². The van der Waals surface area contributed by atoms with Gasteiger partial charge in [0, 0.05) is 24.7 Å². The molecule has 3 rings (SSSR count). The summed E-state index contributed by atoms with van der Waals surface area (Å²) in [5.74, 6) is -0.675. The van der Waals surface area contributed by atoms with Gasteiger partial charge in [-0.1, -0.05) is 0 Å². The van der Waals surface area contributed by atoms with Gasteiger partial charge in [-0.2, -0.15) is 0 Å². The van der Waals surface area contributed by atoms with Crippen molar-refractivity contribution in [2.24, 2.45) is 0 Å². The summed E-state index contributed by atoms with van der Waals surface area (Å²) in [5.41, 5.74) is 3.92. The van der Waals surface area contributed by atoms with Crippen LogP contribution in [0, 0.1) is 12.7 Å². The predicted molar refractivity (Wildman–Crippen MR) is 86.3 cm³/mol. The van der Waals surface area contributed by atoms with Crippen LogP contribution >= 0.6 is 0 Å². The molecule has 0 saturated heterocycles. The van der Waals surface area contributed by atoms with E-state index in [-0.39, 0.29) is 11.8 Å². The van der Waals surface area contributed by atoms with Gasteiger partial charge in [-0.05, 0) is 36.4 Å². The maximum absolute atomic E-state index is 13.0. The fourth-order valence-electron chi connectivity index (χ4n) is 2.46. The zero-order chi connectivity index (χ0) is 16.4. The number of ether oxygens (including phenoxy) is 1. The maximum Gasteiger partial charge on any atom is 0.337 e. The average Bonchev–Trinajstić information content (AvgIpc) is 2.55. The lowest BCUT2D eigenvalue weighted by molar-refractivity contribution is -0.354. The summed E-state index contributed by atoms with van der Waals surface area (Å²) in [6.45, 7) is 1.95. The lowest BCUT2D eigenvalue weighted by Gasteiger charge is -2.09. The Morgan fingerprint density at radius 2 is 1.87 bits per heavy atom. The fourth-order valence-corrected chi connectivity index (χ4v) is 2.46. The number of methoxy groups -OCH3 is 1. The number of fused-ring (bicyclic) bond motifs is 1. The number of anilines is 2. The van der Waals surface area contributed by atoms with Crippen molar-refractivity contribution in [1.82, 2.24) is 0 Å². The number of esters is 1. The van der Waals surface area contributed by atoms with E-state index in [9.17, 15) is 9.18 Å². The number of rotatable bonds is 3. The molecule has 5 heteroatoms. The monoisotopic (exact) mass is 311 g/mol. The van der Waals surface area contributed by atoms with Crippen LogP contribution in [0.2, 0.25) is 0 Å². The number of carbonyl (C=O) groups excluding carboxylic acids is 1. The van der Waals surface area contributed by atoms with Crippen LogP contribution in [0.4, 0.5) is 15.8 Å². The lowest BCUT2D eigenvalue weighted by Crippen LogP contribution is -2.11. The number of hydrogen-bond donors (Lipinski definition) is 1. The van der Waals surface area contributed by atoms with Crippen molar-refractivity contribution >= 4 is 28.2 Å². The van der Waals surface area contributed by atoms with Crippen LogP contribution in [-0.2, 0) is 4.74 Å². The Labute approximate surface area is 132 Å². The molecule has 0 aliphatic rings. The Balaban J connectivity index is 2.09. The van der Waals surface area contributed by atoms with E-state index in [1.807, 2.05) is 19.1 Å². The van der Waals surface area contributed by atoms with E-state index in [0.29, 0.717) is 5.56 Å². The summed E-state index contributed by atoms with van der Waals surface area (Å²) < 4.78 is 17.8. The van der Waals surface area contributed by atoms with Crippen LogP contribution in [-0.4, -0.2) is 13.1 Å². The van der Waals surface area contributed by atoms with Crippen molar-refractivity contribution in [3.8, 4) is 0 Å². The normalized spacial score (nSPS) is 10.6. The van der Waals surface area contributed by atoms with E-state index in [1.165, 1.54) is 19.2 Å². The van der Waals surface area contributed by atoms with Crippen LogP contribution in [0.3, 0.4) is 0 Å². The van der Waals surface area contributed by atoms with Crippen molar-refractivity contribution in [1.29, 1.82) is 0 Å². The smallest absolute Gasteiger partial charge is 0.337 e. The Bertz CT molecular complexity index is 876. The third-order valence-electron chi connectivity index (χ3n) is 3.55. The first-order valence-corrected chi connectivity index (χ1v) is 7.14. The van der Waals surface area contributed by atoms with Crippen molar-refractivity contribution in [2.75, 3.05) is 12.4 Å². The molecule has 0 atom stereocenters. The molecule has 2 aromatic carbocycles. The number of nitrogens with one attached hydrogen (secondary N) is 2. The van der Waals surface area contributed by atoms with E-state index in [2.05, 4.69) is 10.3 Å². The van der Waals surface area contributed by atoms with E-state index >= 15 is 0 Å². The molecule has 0 aliphatic carbocycles. The predicted octanol–water partition coefficient (Wildman–Crippen LogP) is 3.63. The summed E-state index contributed by atoms with van der Waals surface area (Å²) in [6, 6.07) is 13.4. The van der Waals surface area contributed by atoms with Gasteiger partial charge in [0.15, 0.2) is 5.69 Å². The number of aryl methyl sites for hydroxylation is 1. The van der Waals surface area contributed by atoms with Crippen molar-refractivity contribution in [2.45, 2.75) is 6.92 Å². The minimum atomic E-state index is -0.389. The number of aromatic amines is 1. The van der Waals surface area contributed by atoms with Gasteiger partial charge in [0.05, 0.1) is 23.7 Å². The molecule has 0 amide bonds. The quantitative estimate of drug-likeness (QED) is 0.751. The lowest BCUT2D eigenvalue weighted by atomic mass is 10.1. The molecule has 0 spiro atoms. The molecule has 2 N–H and O–H groups in total. The topological polar surface area (TPSA) is 52.5 Å². The van der Waals surface area contributed by atoms with Crippen molar-refractivity contribution in [3.05, 3.63) is 65.6 Å². The van der Waals surface area contributed by atoms with Crippen molar-refractivity contribution in [3.63, 3.8) is 0 Å². The number of hydrogen-bond acceptors (Lipinski definition) is 3.